The average molecular weight is 435 g/mol. The molecule has 0 spiro atoms. The first-order valence-corrected chi connectivity index (χ1v) is 11.4. The van der Waals surface area contributed by atoms with Crippen LogP contribution in [0.5, 0.6) is 5.75 Å². The van der Waals surface area contributed by atoms with Crippen molar-refractivity contribution in [1.82, 2.24) is 0 Å². The Morgan fingerprint density at radius 2 is 1.83 bits per heavy atom. The summed E-state index contributed by atoms with van der Waals surface area (Å²) in [6.07, 6.45) is 4.25. The Balaban J connectivity index is 2.08. The number of sulfone groups is 1. The van der Waals surface area contributed by atoms with Crippen LogP contribution in [0.15, 0.2) is 59.2 Å². The van der Waals surface area contributed by atoms with Crippen molar-refractivity contribution in [2.45, 2.75) is 43.3 Å². The molecular weight excluding hydrogens is 412 g/mol. The molecule has 29 heavy (non-hydrogen) atoms. The number of halogens is 1. The molecular formula is C22H23ClO5S. The van der Waals surface area contributed by atoms with Gasteiger partial charge in [-0.2, -0.15) is 0 Å². The number of rotatable bonds is 6. The lowest BCUT2D eigenvalue weighted by atomic mass is 9.93. The summed E-state index contributed by atoms with van der Waals surface area (Å²) in [5.41, 5.74) is -0.855. The molecule has 0 radical (unpaired) electrons. The summed E-state index contributed by atoms with van der Waals surface area (Å²) in [5, 5.41) is 0.616. The number of benzene rings is 2. The molecule has 0 bridgehead atoms. The summed E-state index contributed by atoms with van der Waals surface area (Å²) in [6, 6.07) is 11.3. The van der Waals surface area contributed by atoms with E-state index in [0.717, 1.165) is 11.8 Å². The van der Waals surface area contributed by atoms with Crippen molar-refractivity contribution in [3.63, 3.8) is 0 Å². The van der Waals surface area contributed by atoms with Gasteiger partial charge in [0.1, 0.15) is 11.5 Å². The van der Waals surface area contributed by atoms with Crippen LogP contribution in [0.1, 0.15) is 31.4 Å². The van der Waals surface area contributed by atoms with Crippen molar-refractivity contribution in [2.75, 3.05) is 6.26 Å². The van der Waals surface area contributed by atoms with Crippen LogP contribution in [-0.2, 0) is 25.0 Å². The number of carbonyl (C=O) groups is 1. The first kappa shape index (κ1) is 21.6. The largest absolute Gasteiger partial charge is 0.458 e. The predicted molar refractivity (Wildman–Crippen MR) is 112 cm³/mol. The van der Waals surface area contributed by atoms with Crippen LogP contribution in [-0.4, -0.2) is 26.6 Å². The van der Waals surface area contributed by atoms with Gasteiger partial charge < -0.3 is 9.47 Å². The van der Waals surface area contributed by atoms with Crippen molar-refractivity contribution in [2.24, 2.45) is 0 Å². The van der Waals surface area contributed by atoms with Crippen LogP contribution < -0.4 is 4.74 Å². The van der Waals surface area contributed by atoms with Crippen LogP contribution >= 0.6 is 11.6 Å². The molecule has 2 aromatic carbocycles. The molecule has 3 rings (SSSR count). The molecule has 0 aromatic heterocycles. The third kappa shape index (κ3) is 4.10. The second-order valence-electron chi connectivity index (χ2n) is 7.44. The third-order valence-corrected chi connectivity index (χ3v) is 6.69. The van der Waals surface area contributed by atoms with Crippen molar-refractivity contribution in [3.05, 3.63) is 70.4 Å². The van der Waals surface area contributed by atoms with Gasteiger partial charge in [0.2, 0.25) is 5.60 Å². The van der Waals surface area contributed by atoms with E-state index in [-0.39, 0.29) is 4.90 Å². The first-order chi connectivity index (χ1) is 13.5. The molecule has 1 heterocycles. The van der Waals surface area contributed by atoms with E-state index in [0.29, 0.717) is 34.8 Å². The van der Waals surface area contributed by atoms with Crippen LogP contribution in [0.3, 0.4) is 0 Å². The SMILES string of the molecule is CC[C@]1(C)C=C(Oc2ccc(Cl)c(C)c2)C(C=O)(c2ccc(S(C)(=O)=O)cc2)O1. The fourth-order valence-corrected chi connectivity index (χ4v) is 3.97. The summed E-state index contributed by atoms with van der Waals surface area (Å²) in [7, 11) is -3.36. The Kier molecular flexibility index (Phi) is 5.64. The number of hydrogen-bond donors (Lipinski definition) is 0. The molecule has 5 nitrogen and oxygen atoms in total. The van der Waals surface area contributed by atoms with Gasteiger partial charge in [-0.1, -0.05) is 30.7 Å². The molecule has 154 valence electrons. The Labute approximate surface area is 176 Å². The lowest BCUT2D eigenvalue weighted by Crippen LogP contribution is -2.37. The van der Waals surface area contributed by atoms with Crippen molar-refractivity contribution in [1.29, 1.82) is 0 Å². The third-order valence-electron chi connectivity index (χ3n) is 5.13. The minimum absolute atomic E-state index is 0.165. The second-order valence-corrected chi connectivity index (χ2v) is 9.86. The van der Waals surface area contributed by atoms with E-state index in [1.807, 2.05) is 20.8 Å². The van der Waals surface area contributed by atoms with E-state index >= 15 is 0 Å². The summed E-state index contributed by atoms with van der Waals surface area (Å²) in [4.78, 5) is 12.5. The normalized spacial score (nSPS) is 24.2. The minimum Gasteiger partial charge on any atom is -0.458 e. The van der Waals surface area contributed by atoms with Crippen molar-refractivity contribution < 1.29 is 22.7 Å². The van der Waals surface area contributed by atoms with Gasteiger partial charge in [0, 0.05) is 11.3 Å². The first-order valence-electron chi connectivity index (χ1n) is 9.17. The van der Waals surface area contributed by atoms with Gasteiger partial charge in [-0.25, -0.2) is 8.42 Å². The maximum Gasteiger partial charge on any atom is 0.206 e. The lowest BCUT2D eigenvalue weighted by molar-refractivity contribution is -0.141. The van der Waals surface area contributed by atoms with E-state index in [1.165, 1.54) is 12.1 Å². The average Bonchev–Trinajstić information content (AvgIpc) is 2.97. The molecule has 0 saturated heterocycles. The molecule has 0 fully saturated rings. The van der Waals surface area contributed by atoms with E-state index in [1.54, 1.807) is 36.4 Å². The van der Waals surface area contributed by atoms with Crippen LogP contribution in [0.4, 0.5) is 0 Å². The highest BCUT2D eigenvalue weighted by Crippen LogP contribution is 2.45. The second kappa shape index (κ2) is 7.59. The zero-order chi connectivity index (χ0) is 21.4. The molecule has 1 aliphatic heterocycles. The Morgan fingerprint density at radius 3 is 2.34 bits per heavy atom. The summed E-state index contributed by atoms with van der Waals surface area (Å²) < 4.78 is 35.9. The molecule has 2 atom stereocenters. The zero-order valence-corrected chi connectivity index (χ0v) is 18.3. The maximum atomic E-state index is 12.4. The zero-order valence-electron chi connectivity index (χ0n) is 16.7. The number of aryl methyl sites for hydroxylation is 1. The van der Waals surface area contributed by atoms with Crippen LogP contribution in [0.2, 0.25) is 5.02 Å². The molecule has 0 N–H and O–H groups in total. The van der Waals surface area contributed by atoms with Crippen LogP contribution in [0.25, 0.3) is 0 Å². The summed E-state index contributed by atoms with van der Waals surface area (Å²) >= 11 is 6.10. The highest BCUT2D eigenvalue weighted by atomic mass is 35.5. The topological polar surface area (TPSA) is 69.7 Å². The van der Waals surface area contributed by atoms with E-state index in [2.05, 4.69) is 0 Å². The number of carbonyl (C=O) groups excluding carboxylic acids is 1. The standard InChI is InChI=1S/C22H23ClO5S/c1-5-21(3)13-20(27-17-8-11-19(23)15(2)12-17)22(14-24,28-21)16-6-9-18(10-7-16)29(4,25)26/h6-14H,5H2,1-4H3/t21-,22?/m1/s1. The molecule has 0 amide bonds. The number of ether oxygens (including phenoxy) is 2. The monoisotopic (exact) mass is 434 g/mol. The minimum atomic E-state index is -3.36. The van der Waals surface area contributed by atoms with Gasteiger partial charge >= 0.3 is 0 Å². The van der Waals surface area contributed by atoms with Crippen LogP contribution in [0, 0.1) is 6.92 Å². The quantitative estimate of drug-likeness (QED) is 0.621. The van der Waals surface area contributed by atoms with Crippen molar-refractivity contribution >= 4 is 27.7 Å². The Morgan fingerprint density at radius 1 is 1.17 bits per heavy atom. The van der Waals surface area contributed by atoms with Gasteiger partial charge in [0.15, 0.2) is 16.1 Å². The van der Waals surface area contributed by atoms with E-state index < -0.39 is 21.0 Å². The molecule has 7 heteroatoms. The summed E-state index contributed by atoms with van der Waals surface area (Å²) in [5.74, 6) is 0.867. The molecule has 0 saturated carbocycles. The maximum absolute atomic E-state index is 12.4. The van der Waals surface area contributed by atoms with Gasteiger partial charge in [-0.15, -0.1) is 0 Å². The van der Waals surface area contributed by atoms with Gasteiger partial charge in [0.25, 0.3) is 0 Å². The molecule has 2 aromatic rings. The Hall–Kier alpha value is -2.15. The highest BCUT2D eigenvalue weighted by molar-refractivity contribution is 7.90. The lowest BCUT2D eigenvalue weighted by Gasteiger charge is -2.30. The highest BCUT2D eigenvalue weighted by Gasteiger charge is 2.50. The molecule has 0 aliphatic carbocycles. The smallest absolute Gasteiger partial charge is 0.206 e. The number of aldehydes is 1. The van der Waals surface area contributed by atoms with E-state index in [9.17, 15) is 13.2 Å². The molecule has 1 aliphatic rings. The summed E-state index contributed by atoms with van der Waals surface area (Å²) in [6.45, 7) is 5.69. The molecule has 1 unspecified atom stereocenters. The van der Waals surface area contributed by atoms with E-state index in [4.69, 9.17) is 21.1 Å². The van der Waals surface area contributed by atoms with Crippen molar-refractivity contribution in [3.8, 4) is 5.75 Å². The fourth-order valence-electron chi connectivity index (χ4n) is 3.22. The van der Waals surface area contributed by atoms with Gasteiger partial charge in [0.05, 0.1) is 10.5 Å². The van der Waals surface area contributed by atoms with Gasteiger partial charge in [-0.3, -0.25) is 4.79 Å². The number of hydrogen-bond acceptors (Lipinski definition) is 5. The Bertz CT molecular complexity index is 1070. The predicted octanol–water partition coefficient (Wildman–Crippen LogP) is 4.61. The van der Waals surface area contributed by atoms with Gasteiger partial charge in [-0.05, 0) is 67.8 Å². The fraction of sp³-hybridized carbons (Fsp3) is 0.318.